The molecule has 8 heteroatoms. The fourth-order valence-corrected chi connectivity index (χ4v) is 3.08. The molecular formula is C21H28N4O4. The van der Waals surface area contributed by atoms with Gasteiger partial charge < -0.3 is 19.5 Å². The van der Waals surface area contributed by atoms with E-state index in [1.165, 1.54) is 0 Å². The highest BCUT2D eigenvalue weighted by molar-refractivity contribution is 5.94. The van der Waals surface area contributed by atoms with Crippen LogP contribution < -0.4 is 10.1 Å². The number of aromatic nitrogens is 1. The van der Waals surface area contributed by atoms with Crippen LogP contribution in [-0.2, 0) is 4.79 Å². The zero-order valence-electron chi connectivity index (χ0n) is 17.2. The molecule has 2 heterocycles. The highest BCUT2D eigenvalue weighted by Gasteiger charge is 2.23. The van der Waals surface area contributed by atoms with Crippen LogP contribution in [0.4, 0.5) is 5.82 Å². The number of rotatable bonds is 7. The van der Waals surface area contributed by atoms with Gasteiger partial charge in [0.2, 0.25) is 5.91 Å². The van der Waals surface area contributed by atoms with Crippen molar-refractivity contribution < 1.29 is 18.8 Å². The zero-order chi connectivity index (χ0) is 20.8. The Morgan fingerprint density at radius 3 is 2.62 bits per heavy atom. The van der Waals surface area contributed by atoms with E-state index in [0.717, 1.165) is 0 Å². The number of piperazine rings is 1. The minimum absolute atomic E-state index is 0.0119. The second-order valence-corrected chi connectivity index (χ2v) is 7.67. The Hall–Kier alpha value is -2.87. The predicted octanol–water partition coefficient (Wildman–Crippen LogP) is 2.41. The Morgan fingerprint density at radius 2 is 1.97 bits per heavy atom. The maximum Gasteiger partial charge on any atom is 0.254 e. The summed E-state index contributed by atoms with van der Waals surface area (Å²) >= 11 is 0. The van der Waals surface area contributed by atoms with Gasteiger partial charge in [-0.25, -0.2) is 0 Å². The van der Waals surface area contributed by atoms with Gasteiger partial charge in [-0.05, 0) is 31.0 Å². The molecule has 0 spiro atoms. The van der Waals surface area contributed by atoms with E-state index < -0.39 is 0 Å². The molecule has 0 atom stereocenters. The second-order valence-electron chi connectivity index (χ2n) is 7.67. The first-order valence-electron chi connectivity index (χ1n) is 9.88. The van der Waals surface area contributed by atoms with Crippen molar-refractivity contribution in [1.82, 2.24) is 15.0 Å². The van der Waals surface area contributed by atoms with Gasteiger partial charge in [-0.15, -0.1) is 0 Å². The van der Waals surface area contributed by atoms with E-state index in [9.17, 15) is 9.59 Å². The van der Waals surface area contributed by atoms with Crippen molar-refractivity contribution in [2.24, 2.45) is 5.92 Å². The highest BCUT2D eigenvalue weighted by atomic mass is 16.5. The summed E-state index contributed by atoms with van der Waals surface area (Å²) in [6.45, 7) is 9.24. The molecule has 1 saturated heterocycles. The highest BCUT2D eigenvalue weighted by Crippen LogP contribution is 2.17. The van der Waals surface area contributed by atoms with Gasteiger partial charge in [-0.2, -0.15) is 0 Å². The van der Waals surface area contributed by atoms with E-state index >= 15 is 0 Å². The van der Waals surface area contributed by atoms with Crippen LogP contribution >= 0.6 is 0 Å². The van der Waals surface area contributed by atoms with Crippen molar-refractivity contribution in [3.8, 4) is 5.75 Å². The maximum absolute atomic E-state index is 12.8. The Bertz CT molecular complexity index is 841. The normalized spacial score (nSPS) is 14.8. The van der Waals surface area contributed by atoms with Gasteiger partial charge in [0, 0.05) is 37.8 Å². The van der Waals surface area contributed by atoms with Gasteiger partial charge in [0.15, 0.2) is 5.82 Å². The Kier molecular flexibility index (Phi) is 6.87. The third kappa shape index (κ3) is 6.05. The molecule has 2 aromatic rings. The lowest BCUT2D eigenvalue weighted by atomic mass is 10.1. The number of aryl methyl sites for hydroxylation is 1. The van der Waals surface area contributed by atoms with Crippen LogP contribution in [0.2, 0.25) is 0 Å². The quantitative estimate of drug-likeness (QED) is 0.768. The van der Waals surface area contributed by atoms with Crippen LogP contribution in [0.5, 0.6) is 5.75 Å². The van der Waals surface area contributed by atoms with Crippen molar-refractivity contribution in [3.63, 3.8) is 0 Å². The summed E-state index contributed by atoms with van der Waals surface area (Å²) in [6, 6.07) is 8.99. The summed E-state index contributed by atoms with van der Waals surface area (Å²) < 4.78 is 10.7. The van der Waals surface area contributed by atoms with Crippen LogP contribution in [0.1, 0.15) is 30.0 Å². The molecule has 0 aliphatic carbocycles. The number of carbonyl (C=O) groups is 2. The number of benzene rings is 1. The largest absolute Gasteiger partial charge is 0.493 e. The van der Waals surface area contributed by atoms with Gasteiger partial charge in [0.05, 0.1) is 13.2 Å². The number of amides is 2. The van der Waals surface area contributed by atoms with Crippen LogP contribution in [0, 0.1) is 12.8 Å². The molecule has 1 aromatic carbocycles. The summed E-state index contributed by atoms with van der Waals surface area (Å²) in [5.74, 6) is 2.04. The van der Waals surface area contributed by atoms with Crippen LogP contribution in [-0.4, -0.2) is 66.1 Å². The minimum atomic E-state index is -0.145. The van der Waals surface area contributed by atoms with Gasteiger partial charge in [0.1, 0.15) is 11.5 Å². The summed E-state index contributed by atoms with van der Waals surface area (Å²) in [7, 11) is 0. The topological polar surface area (TPSA) is 87.9 Å². The Morgan fingerprint density at radius 1 is 1.21 bits per heavy atom. The Labute approximate surface area is 170 Å². The molecule has 0 radical (unpaired) electrons. The first-order valence-corrected chi connectivity index (χ1v) is 9.88. The fraction of sp³-hybridized carbons (Fsp3) is 0.476. The lowest BCUT2D eigenvalue weighted by Gasteiger charge is -2.34. The van der Waals surface area contributed by atoms with Crippen LogP contribution in [0.15, 0.2) is 34.9 Å². The number of nitrogens with zero attached hydrogens (tertiary/aromatic N) is 3. The molecule has 156 valence electrons. The summed E-state index contributed by atoms with van der Waals surface area (Å²) in [5.41, 5.74) is 0.624. The zero-order valence-corrected chi connectivity index (χ0v) is 17.2. The Balaban J connectivity index is 1.48. The lowest BCUT2D eigenvalue weighted by molar-refractivity contribution is -0.117. The molecule has 1 N–H and O–H groups in total. The van der Waals surface area contributed by atoms with Gasteiger partial charge in [-0.1, -0.05) is 25.1 Å². The number of nitrogens with one attached hydrogen (secondary N) is 1. The standard InChI is InChI=1S/C21H28N4O4/c1-15(2)14-28-18-6-4-5-17(12-18)21(27)25-9-7-24(8-10-25)13-20(26)22-19-11-16(3)29-23-19/h4-6,11-12,15H,7-10,13-14H2,1-3H3,(H,22,23,26). The minimum Gasteiger partial charge on any atom is -0.493 e. The molecule has 1 aliphatic rings. The molecule has 0 unspecified atom stereocenters. The number of anilines is 1. The average molecular weight is 400 g/mol. The fourth-order valence-electron chi connectivity index (χ4n) is 3.08. The average Bonchev–Trinajstić information content (AvgIpc) is 3.11. The number of hydrogen-bond donors (Lipinski definition) is 1. The number of carbonyl (C=O) groups excluding carboxylic acids is 2. The first kappa shape index (κ1) is 20.9. The van der Waals surface area contributed by atoms with E-state index in [0.29, 0.717) is 61.6 Å². The molecule has 8 nitrogen and oxygen atoms in total. The molecule has 0 saturated carbocycles. The summed E-state index contributed by atoms with van der Waals surface area (Å²) in [4.78, 5) is 28.8. The van der Waals surface area contributed by atoms with Crippen molar-refractivity contribution in [2.75, 3.05) is 44.6 Å². The van der Waals surface area contributed by atoms with E-state index in [1.807, 2.05) is 28.0 Å². The predicted molar refractivity (Wildman–Crippen MR) is 109 cm³/mol. The molecule has 2 amide bonds. The van der Waals surface area contributed by atoms with Crippen molar-refractivity contribution in [3.05, 3.63) is 41.7 Å². The van der Waals surface area contributed by atoms with Crippen LogP contribution in [0.3, 0.4) is 0 Å². The second kappa shape index (κ2) is 9.56. The maximum atomic E-state index is 12.8. The van der Waals surface area contributed by atoms with Gasteiger partial charge in [0.25, 0.3) is 5.91 Å². The van der Waals surface area contributed by atoms with E-state index in [1.54, 1.807) is 19.1 Å². The summed E-state index contributed by atoms with van der Waals surface area (Å²) in [6.07, 6.45) is 0. The molecule has 29 heavy (non-hydrogen) atoms. The van der Waals surface area contributed by atoms with E-state index in [-0.39, 0.29) is 18.4 Å². The van der Waals surface area contributed by atoms with Gasteiger partial charge >= 0.3 is 0 Å². The number of hydrogen-bond acceptors (Lipinski definition) is 6. The molecule has 1 aliphatic heterocycles. The van der Waals surface area contributed by atoms with E-state index in [4.69, 9.17) is 9.26 Å². The third-order valence-electron chi connectivity index (χ3n) is 4.59. The molecular weight excluding hydrogens is 372 g/mol. The first-order chi connectivity index (χ1) is 13.9. The molecule has 1 aromatic heterocycles. The smallest absolute Gasteiger partial charge is 0.254 e. The van der Waals surface area contributed by atoms with Gasteiger partial charge in [-0.3, -0.25) is 14.5 Å². The number of ether oxygens (including phenoxy) is 1. The molecule has 3 rings (SSSR count). The third-order valence-corrected chi connectivity index (χ3v) is 4.59. The lowest BCUT2D eigenvalue weighted by Crippen LogP contribution is -2.50. The van der Waals surface area contributed by atoms with Crippen molar-refractivity contribution >= 4 is 17.6 Å². The molecule has 1 fully saturated rings. The summed E-state index contributed by atoms with van der Waals surface area (Å²) in [5, 5.41) is 6.47. The van der Waals surface area contributed by atoms with Crippen molar-refractivity contribution in [1.29, 1.82) is 0 Å². The van der Waals surface area contributed by atoms with Crippen molar-refractivity contribution in [2.45, 2.75) is 20.8 Å². The SMILES string of the molecule is Cc1cc(NC(=O)CN2CCN(C(=O)c3cccc(OCC(C)C)c3)CC2)no1. The van der Waals surface area contributed by atoms with Crippen LogP contribution in [0.25, 0.3) is 0 Å². The molecule has 0 bridgehead atoms. The monoisotopic (exact) mass is 400 g/mol. The van der Waals surface area contributed by atoms with E-state index in [2.05, 4.69) is 24.3 Å².